The van der Waals surface area contributed by atoms with Crippen molar-refractivity contribution in [2.75, 3.05) is 13.1 Å². The smallest absolute Gasteiger partial charge is 0.213 e. The van der Waals surface area contributed by atoms with Gasteiger partial charge in [-0.3, -0.25) is 4.90 Å². The van der Waals surface area contributed by atoms with Crippen LogP contribution in [0.15, 0.2) is 48.6 Å². The molecular formula is C24H26FN3O. The summed E-state index contributed by atoms with van der Waals surface area (Å²) in [5.74, 6) is 0.530. The van der Waals surface area contributed by atoms with Gasteiger partial charge in [0, 0.05) is 29.3 Å². The first kappa shape index (κ1) is 19.6. The first-order valence-electron chi connectivity index (χ1n) is 10.4. The molecule has 1 aromatic carbocycles. The molecule has 2 heterocycles. The van der Waals surface area contributed by atoms with Gasteiger partial charge in [-0.25, -0.2) is 9.37 Å². The topological polar surface area (TPSA) is 49.1 Å². The summed E-state index contributed by atoms with van der Waals surface area (Å²) >= 11 is 0. The van der Waals surface area contributed by atoms with E-state index in [1.165, 1.54) is 25.3 Å². The van der Waals surface area contributed by atoms with Gasteiger partial charge in [0.25, 0.3) is 0 Å². The molecule has 4 rings (SSSR count). The molecule has 4 nitrogen and oxygen atoms in total. The molecule has 2 aliphatic rings. The van der Waals surface area contributed by atoms with E-state index in [1.54, 1.807) is 12.1 Å². The van der Waals surface area contributed by atoms with Crippen molar-refractivity contribution in [2.45, 2.75) is 50.7 Å². The summed E-state index contributed by atoms with van der Waals surface area (Å²) in [6.07, 6.45) is 10.7. The number of likely N-dealkylation sites (tertiary alicyclic amines) is 1. The lowest BCUT2D eigenvalue weighted by Gasteiger charge is -2.37. The fourth-order valence-electron chi connectivity index (χ4n) is 4.25. The van der Waals surface area contributed by atoms with Gasteiger partial charge in [-0.1, -0.05) is 24.3 Å². The van der Waals surface area contributed by atoms with Crippen molar-refractivity contribution < 1.29 is 9.13 Å². The van der Waals surface area contributed by atoms with Crippen molar-refractivity contribution in [3.8, 4) is 11.9 Å². The van der Waals surface area contributed by atoms with Crippen LogP contribution in [0.1, 0.15) is 54.8 Å². The number of nitrogens with zero attached hydrogens (tertiary/aromatic N) is 3. The van der Waals surface area contributed by atoms with Crippen LogP contribution in [-0.2, 0) is 6.61 Å². The summed E-state index contributed by atoms with van der Waals surface area (Å²) in [6.45, 7) is 2.30. The van der Waals surface area contributed by atoms with Crippen LogP contribution >= 0.6 is 0 Å². The molecule has 5 heteroatoms. The summed E-state index contributed by atoms with van der Waals surface area (Å²) in [7, 11) is 0. The average Bonchev–Trinajstić information content (AvgIpc) is 2.79. The predicted molar refractivity (Wildman–Crippen MR) is 110 cm³/mol. The molecule has 0 spiro atoms. The minimum atomic E-state index is -0.427. The van der Waals surface area contributed by atoms with Crippen LogP contribution in [0.25, 0.3) is 0 Å². The first-order valence-corrected chi connectivity index (χ1v) is 10.4. The molecule has 1 aliphatic heterocycles. The number of hydrogen-bond acceptors (Lipinski definition) is 4. The Hall–Kier alpha value is -2.71. The lowest BCUT2D eigenvalue weighted by molar-refractivity contribution is 0.165. The van der Waals surface area contributed by atoms with Gasteiger partial charge in [0.1, 0.15) is 12.4 Å². The number of hydrogen-bond donors (Lipinski definition) is 0. The maximum atomic E-state index is 14.0. The van der Waals surface area contributed by atoms with Crippen LogP contribution in [0.3, 0.4) is 0 Å². The summed E-state index contributed by atoms with van der Waals surface area (Å²) in [5.41, 5.74) is 1.79. The number of aromatic nitrogens is 1. The van der Waals surface area contributed by atoms with E-state index in [9.17, 15) is 4.39 Å². The molecular weight excluding hydrogens is 365 g/mol. The lowest BCUT2D eigenvalue weighted by Crippen LogP contribution is -2.40. The summed E-state index contributed by atoms with van der Waals surface area (Å²) in [4.78, 5) is 7.28. The van der Waals surface area contributed by atoms with Crippen molar-refractivity contribution in [1.29, 1.82) is 5.26 Å². The van der Waals surface area contributed by atoms with Crippen LogP contribution in [0.5, 0.6) is 5.88 Å². The Labute approximate surface area is 171 Å². The third-order valence-electron chi connectivity index (χ3n) is 5.95. The second-order valence-corrected chi connectivity index (χ2v) is 7.84. The first-order chi connectivity index (χ1) is 14.2. The lowest BCUT2D eigenvalue weighted by atomic mass is 9.91. The Morgan fingerprint density at radius 2 is 2.03 bits per heavy atom. The molecule has 150 valence electrons. The van der Waals surface area contributed by atoms with Gasteiger partial charge in [-0.2, -0.15) is 5.26 Å². The van der Waals surface area contributed by atoms with Gasteiger partial charge in [-0.15, -0.1) is 0 Å². The quantitative estimate of drug-likeness (QED) is 0.676. The Morgan fingerprint density at radius 3 is 2.76 bits per heavy atom. The van der Waals surface area contributed by atoms with Crippen molar-refractivity contribution in [2.24, 2.45) is 0 Å². The van der Waals surface area contributed by atoms with Gasteiger partial charge in [0.05, 0.1) is 11.6 Å². The molecule has 29 heavy (non-hydrogen) atoms. The van der Waals surface area contributed by atoms with Gasteiger partial charge in [0.15, 0.2) is 0 Å². The number of benzene rings is 1. The van der Waals surface area contributed by atoms with E-state index in [4.69, 9.17) is 10.00 Å². The van der Waals surface area contributed by atoms with Gasteiger partial charge >= 0.3 is 0 Å². The molecule has 0 amide bonds. The second kappa shape index (κ2) is 9.19. The summed E-state index contributed by atoms with van der Waals surface area (Å²) in [5, 5.41) is 8.84. The third-order valence-corrected chi connectivity index (χ3v) is 5.95. The van der Waals surface area contributed by atoms with Crippen molar-refractivity contribution in [3.63, 3.8) is 0 Å². The van der Waals surface area contributed by atoms with Gasteiger partial charge in [-0.05, 0) is 63.4 Å². The average molecular weight is 391 g/mol. The maximum Gasteiger partial charge on any atom is 0.213 e. The Bertz CT molecular complexity index is 913. The molecule has 0 bridgehead atoms. The fourth-order valence-corrected chi connectivity index (χ4v) is 4.25. The van der Waals surface area contributed by atoms with E-state index >= 15 is 0 Å². The normalized spacial score (nSPS) is 20.3. The summed E-state index contributed by atoms with van der Waals surface area (Å²) < 4.78 is 19.8. The van der Waals surface area contributed by atoms with E-state index in [0.29, 0.717) is 29.0 Å². The predicted octanol–water partition coefficient (Wildman–Crippen LogP) is 4.96. The van der Waals surface area contributed by atoms with E-state index in [0.717, 1.165) is 31.6 Å². The summed E-state index contributed by atoms with van der Waals surface area (Å²) in [6, 6.07) is 12.8. The minimum absolute atomic E-state index is 0.0977. The van der Waals surface area contributed by atoms with Crippen molar-refractivity contribution >= 4 is 0 Å². The van der Waals surface area contributed by atoms with E-state index in [-0.39, 0.29) is 6.61 Å². The second-order valence-electron chi connectivity index (χ2n) is 7.84. The molecule has 1 aromatic heterocycles. The maximum absolute atomic E-state index is 14.0. The number of rotatable bonds is 5. The largest absolute Gasteiger partial charge is 0.473 e. The molecule has 0 unspecified atom stereocenters. The molecule has 2 aromatic rings. The standard InChI is InChI=1S/C24H26FN3O/c25-22-15-18(16-26)9-10-20(22)17-29-24-8-4-7-23(27-24)19-11-13-28(14-12-19)21-5-2-1-3-6-21/h2,4-5,7-10,15,19,21H,1,3,6,11-14,17H2/t21-/m1/s1. The molecule has 0 N–H and O–H groups in total. The molecule has 0 radical (unpaired) electrons. The third kappa shape index (κ3) is 4.83. The molecule has 1 fully saturated rings. The Balaban J connectivity index is 1.35. The number of ether oxygens (including phenoxy) is 1. The van der Waals surface area contributed by atoms with Crippen LogP contribution < -0.4 is 4.74 Å². The minimum Gasteiger partial charge on any atom is -0.473 e. The highest BCUT2D eigenvalue weighted by Gasteiger charge is 2.26. The SMILES string of the molecule is N#Cc1ccc(COc2cccc(C3CCN([C@@H]4C=CCCC4)CC3)n2)c(F)c1. The van der Waals surface area contributed by atoms with Crippen LogP contribution in [0.2, 0.25) is 0 Å². The Kier molecular flexibility index (Phi) is 6.21. The highest BCUT2D eigenvalue weighted by molar-refractivity contribution is 5.33. The highest BCUT2D eigenvalue weighted by atomic mass is 19.1. The van der Waals surface area contributed by atoms with Crippen LogP contribution in [0.4, 0.5) is 4.39 Å². The highest BCUT2D eigenvalue weighted by Crippen LogP contribution is 2.30. The number of nitriles is 1. The van der Waals surface area contributed by atoms with Gasteiger partial charge < -0.3 is 4.74 Å². The molecule has 1 aliphatic carbocycles. The monoisotopic (exact) mass is 391 g/mol. The Morgan fingerprint density at radius 1 is 1.17 bits per heavy atom. The zero-order valence-electron chi connectivity index (χ0n) is 16.6. The molecule has 0 saturated carbocycles. The van der Waals surface area contributed by atoms with Crippen molar-refractivity contribution in [3.05, 3.63) is 71.2 Å². The fraction of sp³-hybridized carbons (Fsp3) is 0.417. The van der Waals surface area contributed by atoms with Gasteiger partial charge in [0.2, 0.25) is 5.88 Å². The van der Waals surface area contributed by atoms with Crippen LogP contribution in [-0.4, -0.2) is 29.0 Å². The number of piperidine rings is 1. The van der Waals surface area contributed by atoms with Crippen molar-refractivity contribution in [1.82, 2.24) is 9.88 Å². The van der Waals surface area contributed by atoms with E-state index in [2.05, 4.69) is 28.1 Å². The number of allylic oxidation sites excluding steroid dienone is 1. The molecule has 1 saturated heterocycles. The van der Waals surface area contributed by atoms with E-state index < -0.39 is 5.82 Å². The number of pyridine rings is 1. The van der Waals surface area contributed by atoms with E-state index in [1.807, 2.05) is 18.2 Å². The number of halogens is 1. The molecule has 1 atom stereocenters. The zero-order chi connectivity index (χ0) is 20.1. The van der Waals surface area contributed by atoms with Crippen LogP contribution in [0, 0.1) is 17.1 Å². The zero-order valence-corrected chi connectivity index (χ0v) is 16.6.